The third-order valence-electron chi connectivity index (χ3n) is 2.23. The number of aliphatic carboxylic acids is 1. The molecule has 0 radical (unpaired) electrons. The molecule has 0 bridgehead atoms. The molecule has 1 rings (SSSR count). The molecule has 1 aliphatic heterocycles. The second-order valence-electron chi connectivity index (χ2n) is 3.30. The number of nitrogens with zero attached hydrogens (tertiary/aromatic N) is 1. The molecule has 0 aliphatic carbocycles. The predicted octanol–water partition coefficient (Wildman–Crippen LogP) is 1.08. The van der Waals surface area contributed by atoms with Crippen LogP contribution in [0.4, 0.5) is 4.79 Å². The van der Waals surface area contributed by atoms with Gasteiger partial charge in [-0.25, -0.2) is 9.59 Å². The molecule has 1 unspecified atom stereocenters. The van der Waals surface area contributed by atoms with Crippen molar-refractivity contribution in [3.8, 4) is 0 Å². The predicted molar refractivity (Wildman–Crippen MR) is 49.0 cm³/mol. The van der Waals surface area contributed by atoms with Gasteiger partial charge in [0.15, 0.2) is 0 Å². The number of carboxylic acid groups (broad SMARTS) is 1. The lowest BCUT2D eigenvalue weighted by molar-refractivity contribution is -0.143. The van der Waals surface area contributed by atoms with E-state index in [-0.39, 0.29) is 0 Å². The Labute approximate surface area is 82.6 Å². The number of hydrogen-bond donors (Lipinski definition) is 1. The minimum absolute atomic E-state index is 0.397. The third kappa shape index (κ3) is 2.37. The number of rotatable bonds is 4. The molecular formula is C9H15NO4. The van der Waals surface area contributed by atoms with Gasteiger partial charge in [0.05, 0.1) is 6.61 Å². The van der Waals surface area contributed by atoms with Crippen LogP contribution in [-0.2, 0) is 9.53 Å². The molecule has 0 spiro atoms. The second kappa shape index (κ2) is 4.83. The van der Waals surface area contributed by atoms with Crippen molar-refractivity contribution in [1.82, 2.24) is 4.90 Å². The van der Waals surface area contributed by atoms with E-state index in [1.165, 1.54) is 4.90 Å². The van der Waals surface area contributed by atoms with Gasteiger partial charge in [0.25, 0.3) is 0 Å². The van der Waals surface area contributed by atoms with E-state index in [1.54, 1.807) is 0 Å². The van der Waals surface area contributed by atoms with Gasteiger partial charge in [0.1, 0.15) is 6.04 Å². The van der Waals surface area contributed by atoms with Crippen molar-refractivity contribution in [2.45, 2.75) is 32.2 Å². The molecule has 5 heteroatoms. The van der Waals surface area contributed by atoms with Gasteiger partial charge in [0, 0.05) is 6.54 Å². The van der Waals surface area contributed by atoms with Crippen LogP contribution in [0, 0.1) is 0 Å². The van der Waals surface area contributed by atoms with Crippen molar-refractivity contribution in [2.75, 3.05) is 13.2 Å². The van der Waals surface area contributed by atoms with Gasteiger partial charge in [-0.1, -0.05) is 13.3 Å². The lowest BCUT2D eigenvalue weighted by Crippen LogP contribution is -2.48. The van der Waals surface area contributed by atoms with Crippen molar-refractivity contribution in [2.24, 2.45) is 0 Å². The fourth-order valence-electron chi connectivity index (χ4n) is 1.54. The zero-order valence-corrected chi connectivity index (χ0v) is 8.23. The van der Waals surface area contributed by atoms with Crippen molar-refractivity contribution in [1.29, 1.82) is 0 Å². The van der Waals surface area contributed by atoms with Crippen LogP contribution >= 0.6 is 0 Å². The number of cyclic esters (lactones) is 1. The van der Waals surface area contributed by atoms with Crippen molar-refractivity contribution >= 4 is 12.1 Å². The Morgan fingerprint density at radius 1 is 1.71 bits per heavy atom. The van der Waals surface area contributed by atoms with Crippen molar-refractivity contribution < 1.29 is 19.4 Å². The maximum absolute atomic E-state index is 11.3. The summed E-state index contributed by atoms with van der Waals surface area (Å²) in [5.41, 5.74) is 0. The lowest BCUT2D eigenvalue weighted by Gasteiger charge is -2.31. The molecule has 1 atom stereocenters. The molecule has 1 amide bonds. The fourth-order valence-corrected chi connectivity index (χ4v) is 1.54. The van der Waals surface area contributed by atoms with Gasteiger partial charge in [-0.05, 0) is 12.8 Å². The topological polar surface area (TPSA) is 66.8 Å². The zero-order chi connectivity index (χ0) is 10.6. The largest absolute Gasteiger partial charge is 0.480 e. The quantitative estimate of drug-likeness (QED) is 0.739. The van der Waals surface area contributed by atoms with E-state index >= 15 is 0 Å². The fraction of sp³-hybridized carbons (Fsp3) is 0.778. The van der Waals surface area contributed by atoms with E-state index in [0.29, 0.717) is 26.0 Å². The molecule has 5 nitrogen and oxygen atoms in total. The highest BCUT2D eigenvalue weighted by Crippen LogP contribution is 2.13. The number of hydrogen-bond acceptors (Lipinski definition) is 3. The molecule has 0 aromatic carbocycles. The smallest absolute Gasteiger partial charge is 0.410 e. The summed E-state index contributed by atoms with van der Waals surface area (Å²) in [7, 11) is 0. The van der Waals surface area contributed by atoms with E-state index in [4.69, 9.17) is 9.84 Å². The molecule has 1 fully saturated rings. The maximum Gasteiger partial charge on any atom is 0.410 e. The first kappa shape index (κ1) is 10.8. The summed E-state index contributed by atoms with van der Waals surface area (Å²) in [5.74, 6) is -0.953. The van der Waals surface area contributed by atoms with E-state index in [9.17, 15) is 9.59 Å². The molecule has 0 aromatic rings. The highest BCUT2D eigenvalue weighted by molar-refractivity contribution is 5.80. The summed E-state index contributed by atoms with van der Waals surface area (Å²) in [6, 6.07) is -0.729. The summed E-state index contributed by atoms with van der Waals surface area (Å²) in [6.07, 6.45) is 1.42. The average molecular weight is 201 g/mol. The van der Waals surface area contributed by atoms with E-state index in [2.05, 4.69) is 0 Å². The van der Waals surface area contributed by atoms with Crippen LogP contribution in [0.3, 0.4) is 0 Å². The van der Waals surface area contributed by atoms with E-state index in [0.717, 1.165) is 6.42 Å². The minimum Gasteiger partial charge on any atom is -0.480 e. The van der Waals surface area contributed by atoms with Gasteiger partial charge in [-0.15, -0.1) is 0 Å². The highest BCUT2D eigenvalue weighted by atomic mass is 16.6. The summed E-state index contributed by atoms with van der Waals surface area (Å²) in [4.78, 5) is 23.4. The molecule has 80 valence electrons. The van der Waals surface area contributed by atoms with Gasteiger partial charge in [0.2, 0.25) is 0 Å². The molecule has 1 saturated heterocycles. The van der Waals surface area contributed by atoms with Crippen LogP contribution in [0.25, 0.3) is 0 Å². The van der Waals surface area contributed by atoms with Crippen molar-refractivity contribution in [3.05, 3.63) is 0 Å². The molecule has 0 aromatic heterocycles. The van der Waals surface area contributed by atoms with Crippen molar-refractivity contribution in [3.63, 3.8) is 0 Å². The maximum atomic E-state index is 11.3. The number of amides is 1. The summed E-state index contributed by atoms with van der Waals surface area (Å²) >= 11 is 0. The normalized spacial score (nSPS) is 18.9. The number of carboxylic acids is 1. The Morgan fingerprint density at radius 3 is 2.93 bits per heavy atom. The molecule has 0 saturated carbocycles. The lowest BCUT2D eigenvalue weighted by atomic mass is 10.1. The second-order valence-corrected chi connectivity index (χ2v) is 3.30. The Morgan fingerprint density at radius 2 is 2.43 bits per heavy atom. The summed E-state index contributed by atoms with van der Waals surface area (Å²) in [6.45, 7) is 2.77. The van der Waals surface area contributed by atoms with Crippen LogP contribution in [0.15, 0.2) is 0 Å². The standard InChI is InChI=1S/C9H15NO4/c1-2-4-7(8(11)12)10-5-3-6-14-9(10)13/h7H,2-6H2,1H3,(H,11,12). The number of carbonyl (C=O) groups excluding carboxylic acids is 1. The van der Waals surface area contributed by atoms with Crippen LogP contribution in [0.2, 0.25) is 0 Å². The molecule has 1 N–H and O–H groups in total. The zero-order valence-electron chi connectivity index (χ0n) is 8.23. The Kier molecular flexibility index (Phi) is 3.73. The van der Waals surface area contributed by atoms with Gasteiger partial charge in [-0.3, -0.25) is 4.90 Å². The monoisotopic (exact) mass is 201 g/mol. The molecule has 14 heavy (non-hydrogen) atoms. The van der Waals surface area contributed by atoms with Crippen LogP contribution in [-0.4, -0.2) is 41.3 Å². The van der Waals surface area contributed by atoms with Crippen LogP contribution in [0.1, 0.15) is 26.2 Å². The first-order valence-corrected chi connectivity index (χ1v) is 4.83. The Bertz CT molecular complexity index is 227. The average Bonchev–Trinajstić information content (AvgIpc) is 2.15. The van der Waals surface area contributed by atoms with E-state index < -0.39 is 18.1 Å². The molecule has 1 aliphatic rings. The Hall–Kier alpha value is -1.26. The van der Waals surface area contributed by atoms with Crippen LogP contribution < -0.4 is 0 Å². The van der Waals surface area contributed by atoms with Crippen LogP contribution in [0.5, 0.6) is 0 Å². The van der Waals surface area contributed by atoms with Gasteiger partial charge in [-0.2, -0.15) is 0 Å². The third-order valence-corrected chi connectivity index (χ3v) is 2.23. The number of ether oxygens (including phenoxy) is 1. The molecular weight excluding hydrogens is 186 g/mol. The highest BCUT2D eigenvalue weighted by Gasteiger charge is 2.31. The minimum atomic E-state index is -0.953. The summed E-state index contributed by atoms with van der Waals surface area (Å²) < 4.78 is 4.79. The Balaban J connectivity index is 2.65. The van der Waals surface area contributed by atoms with Gasteiger partial charge >= 0.3 is 12.1 Å². The summed E-state index contributed by atoms with van der Waals surface area (Å²) in [5, 5.41) is 8.92. The SMILES string of the molecule is CCCC(C(=O)O)N1CCCOC1=O. The number of carbonyl (C=O) groups is 2. The molecule has 1 heterocycles. The van der Waals surface area contributed by atoms with Gasteiger partial charge < -0.3 is 9.84 Å². The van der Waals surface area contributed by atoms with E-state index in [1.807, 2.05) is 6.92 Å². The first-order valence-electron chi connectivity index (χ1n) is 4.83. The first-order chi connectivity index (χ1) is 6.66.